The van der Waals surface area contributed by atoms with Crippen LogP contribution in [0, 0.1) is 0 Å². The van der Waals surface area contributed by atoms with Gasteiger partial charge in [-0.1, -0.05) is 0 Å². The highest BCUT2D eigenvalue weighted by molar-refractivity contribution is 7.85. The lowest BCUT2D eigenvalue weighted by molar-refractivity contribution is -0.198. The fourth-order valence-electron chi connectivity index (χ4n) is 3.40. The molecule has 0 bridgehead atoms. The zero-order valence-electron chi connectivity index (χ0n) is 16.2. The Hall–Kier alpha value is -2.59. The van der Waals surface area contributed by atoms with Crippen LogP contribution in [-0.2, 0) is 33.4 Å². The van der Waals surface area contributed by atoms with Gasteiger partial charge in [-0.25, -0.2) is 19.7 Å². The second-order valence-electron chi connectivity index (χ2n) is 7.05. The SMILES string of the molecule is COC(=O)NS(=O)(=O)OC[C@H]1O[C@@H](n2cnc3c(N)ncnc32)[C@@H]2OC(C)(C)O[C@@H]21. The van der Waals surface area contributed by atoms with Crippen LogP contribution in [0.4, 0.5) is 10.6 Å². The Morgan fingerprint density at radius 1 is 1.30 bits per heavy atom. The molecular weight excluding hydrogens is 424 g/mol. The van der Waals surface area contributed by atoms with Crippen LogP contribution in [0.2, 0.25) is 0 Å². The minimum Gasteiger partial charge on any atom is -0.452 e. The number of anilines is 1. The number of nitrogen functional groups attached to an aromatic ring is 1. The van der Waals surface area contributed by atoms with Gasteiger partial charge in [-0.15, -0.1) is 0 Å². The molecule has 0 radical (unpaired) electrons. The summed E-state index contributed by atoms with van der Waals surface area (Å²) in [4.78, 5) is 23.5. The van der Waals surface area contributed by atoms with Crippen LogP contribution in [-0.4, -0.2) is 71.8 Å². The number of nitrogens with zero attached hydrogens (tertiary/aromatic N) is 4. The number of methoxy groups -OCH3 is 1. The molecule has 4 heterocycles. The minimum atomic E-state index is -4.41. The van der Waals surface area contributed by atoms with Gasteiger partial charge in [0.15, 0.2) is 23.5 Å². The Morgan fingerprint density at radius 3 is 2.77 bits per heavy atom. The summed E-state index contributed by atoms with van der Waals surface area (Å²) >= 11 is 0. The van der Waals surface area contributed by atoms with Crippen LogP contribution in [0.25, 0.3) is 11.2 Å². The average molecular weight is 444 g/mol. The molecule has 2 aliphatic rings. The van der Waals surface area contributed by atoms with E-state index in [1.54, 1.807) is 23.1 Å². The molecular formula is C15H20N6O8S. The van der Waals surface area contributed by atoms with Gasteiger partial charge in [-0.05, 0) is 13.8 Å². The Kier molecular flexibility index (Phi) is 5.01. The standard InChI is InChI=1S/C15H20N6O8S/c1-15(2)28-9-7(4-26-30(23,24)20-14(22)25-3)27-13(10(9)29-15)21-6-19-8-11(16)17-5-18-12(8)21/h5-7,9-10,13H,4H2,1-3H3,(H,20,22)(H2,16,17,18)/t7-,9-,10-,13-/m1/s1. The third-order valence-electron chi connectivity index (χ3n) is 4.57. The zero-order valence-corrected chi connectivity index (χ0v) is 17.0. The first kappa shape index (κ1) is 20.7. The number of imidazole rings is 1. The summed E-state index contributed by atoms with van der Waals surface area (Å²) in [6.45, 7) is 3.01. The summed E-state index contributed by atoms with van der Waals surface area (Å²) in [6.07, 6.45) is -1.27. The molecule has 164 valence electrons. The Morgan fingerprint density at radius 2 is 2.03 bits per heavy atom. The van der Waals surface area contributed by atoms with E-state index in [9.17, 15) is 13.2 Å². The molecule has 0 saturated carbocycles. The van der Waals surface area contributed by atoms with Gasteiger partial charge in [0.2, 0.25) is 0 Å². The summed E-state index contributed by atoms with van der Waals surface area (Å²) in [5.74, 6) is -0.736. The number of amides is 1. The van der Waals surface area contributed by atoms with E-state index in [4.69, 9.17) is 24.1 Å². The van der Waals surface area contributed by atoms with Crippen molar-refractivity contribution in [3.8, 4) is 0 Å². The fourth-order valence-corrected chi connectivity index (χ4v) is 4.06. The van der Waals surface area contributed by atoms with Gasteiger partial charge in [0, 0.05) is 0 Å². The lowest BCUT2D eigenvalue weighted by Gasteiger charge is -2.24. The molecule has 2 aromatic rings. The third-order valence-corrected chi connectivity index (χ3v) is 5.43. The van der Waals surface area contributed by atoms with Crippen LogP contribution in [0.3, 0.4) is 0 Å². The van der Waals surface area contributed by atoms with E-state index in [0.717, 1.165) is 7.11 Å². The van der Waals surface area contributed by atoms with E-state index < -0.39 is 53.3 Å². The van der Waals surface area contributed by atoms with Gasteiger partial charge in [0.1, 0.15) is 30.2 Å². The molecule has 30 heavy (non-hydrogen) atoms. The second-order valence-corrected chi connectivity index (χ2v) is 8.39. The number of rotatable bonds is 5. The highest BCUT2D eigenvalue weighted by Gasteiger charge is 2.56. The predicted molar refractivity (Wildman–Crippen MR) is 97.9 cm³/mol. The Balaban J connectivity index is 1.58. The summed E-state index contributed by atoms with van der Waals surface area (Å²) in [5.41, 5.74) is 6.64. The van der Waals surface area contributed by atoms with Crippen molar-refractivity contribution >= 4 is 33.4 Å². The number of hydrogen-bond donors (Lipinski definition) is 2. The van der Waals surface area contributed by atoms with Gasteiger partial charge in [-0.2, -0.15) is 13.1 Å². The van der Waals surface area contributed by atoms with E-state index in [1.165, 1.54) is 12.7 Å². The summed E-state index contributed by atoms with van der Waals surface area (Å²) in [5, 5.41) is 0. The van der Waals surface area contributed by atoms with Gasteiger partial charge in [0.25, 0.3) is 0 Å². The van der Waals surface area contributed by atoms with Crippen molar-refractivity contribution in [2.75, 3.05) is 19.5 Å². The van der Waals surface area contributed by atoms with Crippen molar-refractivity contribution in [1.29, 1.82) is 0 Å². The van der Waals surface area contributed by atoms with Crippen LogP contribution < -0.4 is 10.5 Å². The Bertz CT molecular complexity index is 1070. The van der Waals surface area contributed by atoms with Crippen LogP contribution in [0.15, 0.2) is 12.7 Å². The fraction of sp³-hybridized carbons (Fsp3) is 0.600. The highest BCUT2D eigenvalue weighted by atomic mass is 32.2. The number of carbonyl (C=O) groups excluding carboxylic acids is 1. The molecule has 0 aromatic carbocycles. The largest absolute Gasteiger partial charge is 0.452 e. The normalized spacial score (nSPS) is 27.8. The van der Waals surface area contributed by atoms with Crippen molar-refractivity contribution in [1.82, 2.24) is 24.2 Å². The van der Waals surface area contributed by atoms with E-state index >= 15 is 0 Å². The average Bonchev–Trinajstić information content (AvgIpc) is 3.31. The number of hydrogen-bond acceptors (Lipinski definition) is 12. The molecule has 2 aromatic heterocycles. The first-order valence-corrected chi connectivity index (χ1v) is 10.2. The van der Waals surface area contributed by atoms with E-state index in [-0.39, 0.29) is 5.82 Å². The number of ether oxygens (including phenoxy) is 4. The molecule has 0 aliphatic carbocycles. The maximum atomic E-state index is 11.9. The van der Waals surface area contributed by atoms with Gasteiger partial charge in [-0.3, -0.25) is 8.75 Å². The van der Waals surface area contributed by atoms with Crippen LogP contribution >= 0.6 is 0 Å². The lowest BCUT2D eigenvalue weighted by atomic mass is 10.1. The molecule has 0 unspecified atom stereocenters. The first-order chi connectivity index (χ1) is 14.1. The van der Waals surface area contributed by atoms with Gasteiger partial charge >= 0.3 is 16.4 Å². The molecule has 3 N–H and O–H groups in total. The molecule has 14 nitrogen and oxygen atoms in total. The quantitative estimate of drug-likeness (QED) is 0.601. The number of aromatic nitrogens is 4. The third kappa shape index (κ3) is 3.77. The number of fused-ring (bicyclic) bond motifs is 2. The van der Waals surface area contributed by atoms with E-state index in [0.29, 0.717) is 11.2 Å². The smallest absolute Gasteiger partial charge is 0.422 e. The zero-order chi connectivity index (χ0) is 21.7. The molecule has 4 atom stereocenters. The predicted octanol–water partition coefficient (Wildman–Crippen LogP) is -0.557. The maximum absolute atomic E-state index is 11.9. The van der Waals surface area contributed by atoms with E-state index in [2.05, 4.69) is 19.7 Å². The van der Waals surface area contributed by atoms with Crippen molar-refractivity contribution in [2.45, 2.75) is 44.2 Å². The summed E-state index contributed by atoms with van der Waals surface area (Å²) < 4.78 is 53.9. The number of carbonyl (C=O) groups is 1. The van der Waals surface area contributed by atoms with Gasteiger partial charge in [0.05, 0.1) is 20.0 Å². The van der Waals surface area contributed by atoms with Crippen molar-refractivity contribution < 1.29 is 36.3 Å². The van der Waals surface area contributed by atoms with Crippen molar-refractivity contribution in [2.24, 2.45) is 0 Å². The topological polar surface area (TPSA) is 179 Å². The summed E-state index contributed by atoms with van der Waals surface area (Å²) in [6, 6.07) is 0. The monoisotopic (exact) mass is 444 g/mol. The minimum absolute atomic E-state index is 0.206. The second kappa shape index (κ2) is 7.28. The molecule has 2 aliphatic heterocycles. The maximum Gasteiger partial charge on any atom is 0.422 e. The molecule has 1 amide bonds. The number of nitrogens with one attached hydrogen (secondary N) is 1. The molecule has 4 rings (SSSR count). The van der Waals surface area contributed by atoms with E-state index in [1.807, 2.05) is 0 Å². The van der Waals surface area contributed by atoms with Crippen LogP contribution in [0.5, 0.6) is 0 Å². The Labute approximate surface area is 170 Å². The molecule has 15 heteroatoms. The number of nitrogens with two attached hydrogens (primary N) is 1. The van der Waals surface area contributed by atoms with Crippen molar-refractivity contribution in [3.05, 3.63) is 12.7 Å². The lowest BCUT2D eigenvalue weighted by Crippen LogP contribution is -2.37. The first-order valence-electron chi connectivity index (χ1n) is 8.79. The molecule has 2 fully saturated rings. The van der Waals surface area contributed by atoms with Crippen LogP contribution in [0.1, 0.15) is 20.1 Å². The molecule has 2 saturated heterocycles. The highest BCUT2D eigenvalue weighted by Crippen LogP contribution is 2.43. The van der Waals surface area contributed by atoms with Gasteiger partial charge < -0.3 is 24.7 Å². The van der Waals surface area contributed by atoms with Crippen molar-refractivity contribution in [3.63, 3.8) is 0 Å². The molecule has 0 spiro atoms. The summed E-state index contributed by atoms with van der Waals surface area (Å²) in [7, 11) is -3.38.